The fourth-order valence-electron chi connectivity index (χ4n) is 3.15. The number of benzene rings is 2. The number of hydrogen-bond donors (Lipinski definition) is 2. The monoisotopic (exact) mass is 419 g/mol. The van der Waals surface area contributed by atoms with E-state index in [0.29, 0.717) is 22.6 Å². The summed E-state index contributed by atoms with van der Waals surface area (Å²) < 4.78 is 10.5. The van der Waals surface area contributed by atoms with E-state index < -0.39 is 17.9 Å². The van der Waals surface area contributed by atoms with Gasteiger partial charge in [-0.1, -0.05) is 29.8 Å². The highest BCUT2D eigenvalue weighted by atomic mass is 16.5. The summed E-state index contributed by atoms with van der Waals surface area (Å²) in [4.78, 5) is 29.1. The summed E-state index contributed by atoms with van der Waals surface area (Å²) in [7, 11) is 3.07. The molecule has 2 amide bonds. The first kappa shape index (κ1) is 22.0. The van der Waals surface area contributed by atoms with Gasteiger partial charge in [0, 0.05) is 24.2 Å². The lowest BCUT2D eigenvalue weighted by Gasteiger charge is -2.14. The molecule has 1 aromatic heterocycles. The molecule has 0 bridgehead atoms. The van der Waals surface area contributed by atoms with Gasteiger partial charge in [0.25, 0.3) is 5.91 Å². The molecule has 0 radical (unpaired) electrons. The number of methoxy groups -OCH3 is 2. The molecule has 31 heavy (non-hydrogen) atoms. The zero-order valence-corrected chi connectivity index (χ0v) is 17.7. The normalized spacial score (nSPS) is 11.5. The highest BCUT2D eigenvalue weighted by Crippen LogP contribution is 2.30. The molecule has 0 aliphatic carbocycles. The van der Waals surface area contributed by atoms with Gasteiger partial charge in [-0.15, -0.1) is 0 Å². The highest BCUT2D eigenvalue weighted by Gasteiger charge is 2.17. The van der Waals surface area contributed by atoms with E-state index in [1.54, 1.807) is 37.4 Å². The quantitative estimate of drug-likeness (QED) is 0.608. The Hall–Kier alpha value is -3.71. The number of nitrogens with two attached hydrogens (primary N) is 1. The second kappa shape index (κ2) is 9.86. The Morgan fingerprint density at radius 2 is 1.81 bits per heavy atom. The van der Waals surface area contributed by atoms with Crippen LogP contribution in [0.2, 0.25) is 0 Å². The first-order valence-electron chi connectivity index (χ1n) is 9.76. The molecular weight excluding hydrogens is 394 g/mol. The van der Waals surface area contributed by atoms with E-state index in [-0.39, 0.29) is 6.42 Å². The van der Waals surface area contributed by atoms with Crippen molar-refractivity contribution in [3.63, 3.8) is 0 Å². The van der Waals surface area contributed by atoms with Crippen LogP contribution in [0.1, 0.15) is 33.9 Å². The number of amides is 2. The maximum Gasteiger partial charge on any atom is 0.259 e. The van der Waals surface area contributed by atoms with Crippen LogP contribution in [0.15, 0.2) is 60.8 Å². The average Bonchev–Trinajstić information content (AvgIpc) is 2.78. The fraction of sp³-hybridized carbons (Fsp3) is 0.208. The van der Waals surface area contributed by atoms with Gasteiger partial charge in [0.2, 0.25) is 5.91 Å². The van der Waals surface area contributed by atoms with Crippen molar-refractivity contribution in [1.82, 2.24) is 10.3 Å². The maximum absolute atomic E-state index is 12.4. The topological polar surface area (TPSA) is 104 Å². The Balaban J connectivity index is 1.62. The Morgan fingerprint density at radius 3 is 2.45 bits per heavy atom. The number of imide groups is 1. The third kappa shape index (κ3) is 5.46. The summed E-state index contributed by atoms with van der Waals surface area (Å²) in [5.41, 5.74) is 9.97. The zero-order chi connectivity index (χ0) is 22.4. The molecule has 1 atom stereocenters. The Labute approximate surface area is 181 Å². The van der Waals surface area contributed by atoms with Crippen molar-refractivity contribution in [2.45, 2.75) is 19.4 Å². The summed E-state index contributed by atoms with van der Waals surface area (Å²) in [6, 6.07) is 15.9. The van der Waals surface area contributed by atoms with Gasteiger partial charge in [0.05, 0.1) is 25.5 Å². The van der Waals surface area contributed by atoms with Gasteiger partial charge < -0.3 is 15.2 Å². The molecule has 1 unspecified atom stereocenters. The predicted molar refractivity (Wildman–Crippen MR) is 118 cm³/mol. The highest BCUT2D eigenvalue weighted by molar-refractivity contribution is 6.04. The van der Waals surface area contributed by atoms with E-state index in [1.807, 2.05) is 31.2 Å². The van der Waals surface area contributed by atoms with Crippen molar-refractivity contribution in [1.29, 1.82) is 0 Å². The minimum Gasteiger partial charge on any atom is -0.493 e. The number of aryl methyl sites for hydroxylation is 1. The maximum atomic E-state index is 12.4. The van der Waals surface area contributed by atoms with Crippen LogP contribution in [0, 0.1) is 6.92 Å². The molecule has 2 aromatic carbocycles. The molecule has 7 nitrogen and oxygen atoms in total. The first-order chi connectivity index (χ1) is 14.9. The first-order valence-corrected chi connectivity index (χ1v) is 9.76. The lowest BCUT2D eigenvalue weighted by Crippen LogP contribution is -2.32. The van der Waals surface area contributed by atoms with Crippen LogP contribution in [0.25, 0.3) is 11.3 Å². The summed E-state index contributed by atoms with van der Waals surface area (Å²) in [6.45, 7) is 2.00. The standard InChI is InChI=1S/C24H25N3O4/c1-15-5-4-6-17(11-15)20-9-7-18(14-26-20)24(29)27-23(28)13-19(25)16-8-10-21(30-2)22(12-16)31-3/h4-12,14,19H,13,25H2,1-3H3,(H,27,28,29). The third-order valence-corrected chi connectivity index (χ3v) is 4.83. The molecule has 0 aliphatic heterocycles. The van der Waals surface area contributed by atoms with E-state index in [0.717, 1.165) is 16.8 Å². The molecular formula is C24H25N3O4. The number of carbonyl (C=O) groups is 2. The van der Waals surface area contributed by atoms with E-state index >= 15 is 0 Å². The average molecular weight is 419 g/mol. The van der Waals surface area contributed by atoms with Gasteiger partial charge in [-0.25, -0.2) is 0 Å². The Morgan fingerprint density at radius 1 is 1.03 bits per heavy atom. The molecule has 3 N–H and O–H groups in total. The number of ether oxygens (including phenoxy) is 2. The number of carbonyl (C=O) groups excluding carboxylic acids is 2. The lowest BCUT2D eigenvalue weighted by molar-refractivity contribution is -0.120. The van der Waals surface area contributed by atoms with E-state index in [9.17, 15) is 9.59 Å². The second-order valence-electron chi connectivity index (χ2n) is 7.10. The predicted octanol–water partition coefficient (Wildman–Crippen LogP) is 3.42. The summed E-state index contributed by atoms with van der Waals surface area (Å²) in [5, 5.41) is 2.36. The number of hydrogen-bond acceptors (Lipinski definition) is 6. The van der Waals surface area contributed by atoms with Crippen LogP contribution in [-0.2, 0) is 4.79 Å². The van der Waals surface area contributed by atoms with Gasteiger partial charge in [0.15, 0.2) is 11.5 Å². The zero-order valence-electron chi connectivity index (χ0n) is 17.7. The van der Waals surface area contributed by atoms with E-state index in [1.165, 1.54) is 13.3 Å². The van der Waals surface area contributed by atoms with Gasteiger partial charge >= 0.3 is 0 Å². The number of nitrogens with zero attached hydrogens (tertiary/aromatic N) is 1. The molecule has 3 rings (SSSR count). The van der Waals surface area contributed by atoms with E-state index in [4.69, 9.17) is 15.2 Å². The number of aromatic nitrogens is 1. The molecule has 0 saturated heterocycles. The minimum atomic E-state index is -0.602. The van der Waals surface area contributed by atoms with Crippen molar-refractivity contribution in [3.05, 3.63) is 77.5 Å². The van der Waals surface area contributed by atoms with Crippen molar-refractivity contribution in [2.24, 2.45) is 5.73 Å². The number of rotatable bonds is 7. The summed E-state index contributed by atoms with van der Waals surface area (Å²) in [5.74, 6) is 0.0919. The van der Waals surface area contributed by atoms with Crippen molar-refractivity contribution in [3.8, 4) is 22.8 Å². The fourth-order valence-corrected chi connectivity index (χ4v) is 3.15. The molecule has 7 heteroatoms. The number of nitrogens with one attached hydrogen (secondary N) is 1. The van der Waals surface area contributed by atoms with Gasteiger partial charge in [0.1, 0.15) is 0 Å². The number of pyridine rings is 1. The van der Waals surface area contributed by atoms with Crippen LogP contribution in [0.4, 0.5) is 0 Å². The van der Waals surface area contributed by atoms with Crippen molar-refractivity contribution < 1.29 is 19.1 Å². The van der Waals surface area contributed by atoms with Crippen LogP contribution in [0.5, 0.6) is 11.5 Å². The van der Waals surface area contributed by atoms with E-state index in [2.05, 4.69) is 10.3 Å². The smallest absolute Gasteiger partial charge is 0.259 e. The van der Waals surface area contributed by atoms with Gasteiger partial charge in [-0.3, -0.25) is 19.9 Å². The molecule has 3 aromatic rings. The molecule has 0 aliphatic rings. The minimum absolute atomic E-state index is 0.0595. The van der Waals surface area contributed by atoms with Crippen LogP contribution in [0.3, 0.4) is 0 Å². The second-order valence-corrected chi connectivity index (χ2v) is 7.10. The largest absolute Gasteiger partial charge is 0.493 e. The molecule has 160 valence electrons. The van der Waals surface area contributed by atoms with Crippen LogP contribution in [-0.4, -0.2) is 31.0 Å². The van der Waals surface area contributed by atoms with Crippen LogP contribution < -0.4 is 20.5 Å². The Bertz CT molecular complexity index is 1080. The summed E-state index contributed by atoms with van der Waals surface area (Å²) in [6.07, 6.45) is 1.39. The Kier molecular flexibility index (Phi) is 6.99. The SMILES string of the molecule is COc1ccc(C(N)CC(=O)NC(=O)c2ccc(-c3cccc(C)c3)nc2)cc1OC. The van der Waals surface area contributed by atoms with Crippen molar-refractivity contribution >= 4 is 11.8 Å². The molecule has 0 saturated carbocycles. The van der Waals surface area contributed by atoms with Crippen molar-refractivity contribution in [2.75, 3.05) is 14.2 Å². The molecule has 0 spiro atoms. The molecule has 0 fully saturated rings. The molecule has 1 heterocycles. The third-order valence-electron chi connectivity index (χ3n) is 4.83. The van der Waals surface area contributed by atoms with Gasteiger partial charge in [-0.2, -0.15) is 0 Å². The summed E-state index contributed by atoms with van der Waals surface area (Å²) >= 11 is 0. The van der Waals surface area contributed by atoms with Gasteiger partial charge in [-0.05, 0) is 42.8 Å². The lowest BCUT2D eigenvalue weighted by atomic mass is 10.0. The van der Waals surface area contributed by atoms with Crippen LogP contribution >= 0.6 is 0 Å².